The molecule has 0 aliphatic carbocycles. The second kappa shape index (κ2) is 9.98. The fourth-order valence-electron chi connectivity index (χ4n) is 3.41. The van der Waals surface area contributed by atoms with Crippen molar-refractivity contribution in [1.29, 1.82) is 0 Å². The smallest absolute Gasteiger partial charge is 0.242 e. The number of benzene rings is 1. The van der Waals surface area contributed by atoms with E-state index in [1.165, 1.54) is 5.56 Å². The largest absolute Gasteiger partial charge is 0.454 e. The van der Waals surface area contributed by atoms with Crippen molar-refractivity contribution >= 4 is 23.2 Å². The first-order valence-electron chi connectivity index (χ1n) is 10.3. The minimum Gasteiger partial charge on any atom is -0.454 e. The van der Waals surface area contributed by atoms with Crippen LogP contribution in [0.4, 0.5) is 0 Å². The molecule has 7 heteroatoms. The number of carbonyl (C=O) groups excluding carboxylic acids is 2. The Hall–Kier alpha value is -2.54. The average Bonchev–Trinajstić information content (AvgIpc) is 3.34. The summed E-state index contributed by atoms with van der Waals surface area (Å²) in [6, 6.07) is 7.82. The molecule has 30 heavy (non-hydrogen) atoms. The maximum absolute atomic E-state index is 13.3. The predicted molar refractivity (Wildman–Crippen MR) is 118 cm³/mol. The number of ether oxygens (including phenoxy) is 2. The fourth-order valence-corrected chi connectivity index (χ4v) is 4.33. The SMILES string of the molecule is CCC(=O)N(CC(=O)N(Cc1ccc2c(c1)OCO2)Cc1sccc1C)CC(C)C. The van der Waals surface area contributed by atoms with Gasteiger partial charge in [-0.25, -0.2) is 0 Å². The molecule has 3 rings (SSSR count). The van der Waals surface area contributed by atoms with Crippen molar-refractivity contribution in [2.75, 3.05) is 19.9 Å². The van der Waals surface area contributed by atoms with Crippen LogP contribution in [0.15, 0.2) is 29.6 Å². The summed E-state index contributed by atoms with van der Waals surface area (Å²) in [4.78, 5) is 30.4. The van der Waals surface area contributed by atoms with Crippen LogP contribution in [0.3, 0.4) is 0 Å². The van der Waals surface area contributed by atoms with Gasteiger partial charge in [-0.1, -0.05) is 26.8 Å². The van der Waals surface area contributed by atoms with Gasteiger partial charge in [0.05, 0.1) is 13.1 Å². The topological polar surface area (TPSA) is 59.1 Å². The molecular formula is C23H30N2O4S. The minimum absolute atomic E-state index is 0.00684. The van der Waals surface area contributed by atoms with Gasteiger partial charge >= 0.3 is 0 Å². The molecule has 0 bridgehead atoms. The van der Waals surface area contributed by atoms with Crippen LogP contribution < -0.4 is 9.47 Å². The van der Waals surface area contributed by atoms with Crippen LogP contribution in [0.2, 0.25) is 0 Å². The van der Waals surface area contributed by atoms with Crippen LogP contribution >= 0.6 is 11.3 Å². The van der Waals surface area contributed by atoms with E-state index in [1.807, 2.05) is 35.4 Å². The predicted octanol–water partition coefficient (Wildman–Crippen LogP) is 4.21. The van der Waals surface area contributed by atoms with Crippen molar-refractivity contribution < 1.29 is 19.1 Å². The highest BCUT2D eigenvalue weighted by molar-refractivity contribution is 7.10. The van der Waals surface area contributed by atoms with Crippen LogP contribution in [0.25, 0.3) is 0 Å². The molecule has 0 saturated carbocycles. The Bertz CT molecular complexity index is 893. The molecule has 1 aliphatic heterocycles. The van der Waals surface area contributed by atoms with E-state index in [0.717, 1.165) is 16.2 Å². The lowest BCUT2D eigenvalue weighted by molar-refractivity contribution is -0.141. The van der Waals surface area contributed by atoms with E-state index in [1.54, 1.807) is 16.2 Å². The Labute approximate surface area is 182 Å². The van der Waals surface area contributed by atoms with Crippen molar-refractivity contribution in [1.82, 2.24) is 9.80 Å². The van der Waals surface area contributed by atoms with E-state index in [4.69, 9.17) is 9.47 Å². The van der Waals surface area contributed by atoms with Gasteiger partial charge in [-0.3, -0.25) is 9.59 Å². The maximum atomic E-state index is 13.3. The number of hydrogen-bond acceptors (Lipinski definition) is 5. The highest BCUT2D eigenvalue weighted by atomic mass is 32.1. The average molecular weight is 431 g/mol. The van der Waals surface area contributed by atoms with Gasteiger partial charge < -0.3 is 19.3 Å². The Morgan fingerprint density at radius 3 is 2.50 bits per heavy atom. The number of aryl methyl sites for hydroxylation is 1. The van der Waals surface area contributed by atoms with Crippen LogP contribution in [0, 0.1) is 12.8 Å². The summed E-state index contributed by atoms with van der Waals surface area (Å²) in [5, 5.41) is 2.04. The number of amides is 2. The minimum atomic E-state index is -0.0529. The van der Waals surface area contributed by atoms with E-state index < -0.39 is 0 Å². The van der Waals surface area contributed by atoms with Crippen LogP contribution in [-0.4, -0.2) is 41.5 Å². The highest BCUT2D eigenvalue weighted by Gasteiger charge is 2.23. The zero-order valence-corrected chi connectivity index (χ0v) is 19.0. The lowest BCUT2D eigenvalue weighted by Crippen LogP contribution is -2.43. The summed E-state index contributed by atoms with van der Waals surface area (Å²) in [5.41, 5.74) is 2.14. The number of rotatable bonds is 9. The van der Waals surface area contributed by atoms with Crippen molar-refractivity contribution in [3.05, 3.63) is 45.6 Å². The van der Waals surface area contributed by atoms with Crippen molar-refractivity contribution in [2.45, 2.75) is 47.2 Å². The highest BCUT2D eigenvalue weighted by Crippen LogP contribution is 2.33. The Morgan fingerprint density at radius 2 is 1.83 bits per heavy atom. The van der Waals surface area contributed by atoms with Gasteiger partial charge in [0, 0.05) is 24.4 Å². The van der Waals surface area contributed by atoms with E-state index in [0.29, 0.717) is 37.7 Å². The zero-order chi connectivity index (χ0) is 21.7. The first kappa shape index (κ1) is 22.2. The third-order valence-electron chi connectivity index (χ3n) is 5.03. The van der Waals surface area contributed by atoms with Crippen LogP contribution in [-0.2, 0) is 22.7 Å². The molecule has 0 unspecified atom stereocenters. The third kappa shape index (κ3) is 5.53. The second-order valence-corrected chi connectivity index (χ2v) is 8.99. The van der Waals surface area contributed by atoms with Crippen LogP contribution in [0.5, 0.6) is 11.5 Å². The van der Waals surface area contributed by atoms with Gasteiger partial charge in [0.2, 0.25) is 18.6 Å². The summed E-state index contributed by atoms with van der Waals surface area (Å²) in [5.74, 6) is 1.68. The van der Waals surface area contributed by atoms with Gasteiger partial charge in [-0.15, -0.1) is 11.3 Å². The summed E-state index contributed by atoms with van der Waals surface area (Å²) in [7, 11) is 0. The monoisotopic (exact) mass is 430 g/mol. The van der Waals surface area contributed by atoms with E-state index in [9.17, 15) is 9.59 Å². The molecular weight excluding hydrogens is 400 g/mol. The quantitative estimate of drug-likeness (QED) is 0.598. The molecule has 0 N–H and O–H groups in total. The maximum Gasteiger partial charge on any atom is 0.242 e. The number of thiophene rings is 1. The Morgan fingerprint density at radius 1 is 1.07 bits per heavy atom. The molecule has 0 spiro atoms. The molecule has 0 saturated heterocycles. The molecule has 2 heterocycles. The number of fused-ring (bicyclic) bond motifs is 1. The normalized spacial score (nSPS) is 12.3. The van der Waals surface area contributed by atoms with Gasteiger partial charge in [-0.2, -0.15) is 0 Å². The first-order valence-corrected chi connectivity index (χ1v) is 11.2. The number of carbonyl (C=O) groups is 2. The summed E-state index contributed by atoms with van der Waals surface area (Å²) >= 11 is 1.65. The fraction of sp³-hybridized carbons (Fsp3) is 0.478. The lowest BCUT2D eigenvalue weighted by atomic mass is 10.1. The molecule has 1 aromatic heterocycles. The van der Waals surface area contributed by atoms with Gasteiger partial charge in [0.15, 0.2) is 11.5 Å². The molecule has 0 atom stereocenters. The molecule has 162 valence electrons. The van der Waals surface area contributed by atoms with Crippen molar-refractivity contribution in [3.8, 4) is 11.5 Å². The molecule has 2 aromatic rings. The number of hydrogen-bond donors (Lipinski definition) is 0. The molecule has 0 radical (unpaired) electrons. The summed E-state index contributed by atoms with van der Waals surface area (Å²) in [6.07, 6.45) is 0.395. The Kier molecular flexibility index (Phi) is 7.37. The molecule has 1 aliphatic rings. The van der Waals surface area contributed by atoms with Crippen molar-refractivity contribution in [2.24, 2.45) is 5.92 Å². The Balaban J connectivity index is 1.80. The summed E-state index contributed by atoms with van der Waals surface area (Å²) < 4.78 is 10.9. The molecule has 2 amide bonds. The van der Waals surface area contributed by atoms with Gasteiger partial charge in [0.25, 0.3) is 0 Å². The number of nitrogens with zero attached hydrogens (tertiary/aromatic N) is 2. The van der Waals surface area contributed by atoms with Gasteiger partial charge in [-0.05, 0) is 47.5 Å². The van der Waals surface area contributed by atoms with E-state index >= 15 is 0 Å². The first-order chi connectivity index (χ1) is 14.4. The molecule has 0 fully saturated rings. The third-order valence-corrected chi connectivity index (χ3v) is 6.04. The molecule has 1 aromatic carbocycles. The van der Waals surface area contributed by atoms with E-state index in [-0.39, 0.29) is 25.2 Å². The lowest BCUT2D eigenvalue weighted by Gasteiger charge is -2.28. The summed E-state index contributed by atoms with van der Waals surface area (Å²) in [6.45, 7) is 9.86. The van der Waals surface area contributed by atoms with Gasteiger partial charge in [0.1, 0.15) is 0 Å². The van der Waals surface area contributed by atoms with E-state index in [2.05, 4.69) is 26.8 Å². The second-order valence-electron chi connectivity index (χ2n) is 7.99. The standard InChI is InChI=1S/C23H30N2O4S/c1-5-22(26)24(11-16(2)3)14-23(27)25(13-21-17(4)8-9-30-21)12-18-6-7-19-20(10-18)29-15-28-19/h6-10,16H,5,11-15H2,1-4H3. The van der Waals surface area contributed by atoms with Crippen molar-refractivity contribution in [3.63, 3.8) is 0 Å². The zero-order valence-electron chi connectivity index (χ0n) is 18.1. The molecule has 6 nitrogen and oxygen atoms in total. The van der Waals surface area contributed by atoms with Crippen LogP contribution in [0.1, 0.15) is 43.2 Å².